The van der Waals surface area contributed by atoms with Gasteiger partial charge in [0, 0.05) is 0 Å². The van der Waals surface area contributed by atoms with Crippen molar-refractivity contribution in [2.75, 3.05) is 26.4 Å². The van der Waals surface area contributed by atoms with Crippen LogP contribution in [0.2, 0.25) is 0 Å². The fourth-order valence-corrected chi connectivity index (χ4v) is 3.78. The van der Waals surface area contributed by atoms with E-state index < -0.39 is 35.7 Å². The maximum Gasteiger partial charge on any atom is 0.320 e. The van der Waals surface area contributed by atoms with Crippen molar-refractivity contribution in [2.24, 2.45) is 11.8 Å². The average Bonchev–Trinajstić information content (AvgIpc) is 2.81. The highest BCUT2D eigenvalue weighted by atomic mass is 16.6. The molecule has 2 rings (SSSR count). The SMILES string of the molecule is CCOC(=O)C(Cc1cccc2cccc(CC(C(=O)OCC)C(=O)OCC)c12)C(=O)OCC. The van der Waals surface area contributed by atoms with Gasteiger partial charge in [0.2, 0.25) is 0 Å². The van der Waals surface area contributed by atoms with Gasteiger partial charge in [-0.15, -0.1) is 0 Å². The van der Waals surface area contributed by atoms with Gasteiger partial charge in [-0.3, -0.25) is 19.2 Å². The first kappa shape index (κ1) is 26.8. The van der Waals surface area contributed by atoms with E-state index in [-0.39, 0.29) is 39.3 Å². The largest absolute Gasteiger partial charge is 0.465 e. The molecular weight excluding hydrogens is 440 g/mol. The molecule has 8 nitrogen and oxygen atoms in total. The lowest BCUT2D eigenvalue weighted by molar-refractivity contribution is -0.163. The summed E-state index contributed by atoms with van der Waals surface area (Å²) < 4.78 is 20.4. The smallest absolute Gasteiger partial charge is 0.320 e. The molecule has 0 aliphatic heterocycles. The van der Waals surface area contributed by atoms with Crippen LogP contribution in [-0.2, 0) is 51.0 Å². The second-order valence-corrected chi connectivity index (χ2v) is 7.45. The summed E-state index contributed by atoms with van der Waals surface area (Å²) in [7, 11) is 0. The molecule has 0 spiro atoms. The molecule has 0 unspecified atom stereocenters. The monoisotopic (exact) mass is 472 g/mol. The van der Waals surface area contributed by atoms with E-state index in [1.54, 1.807) is 39.8 Å². The molecule has 0 saturated heterocycles. The molecule has 0 saturated carbocycles. The molecule has 0 N–H and O–H groups in total. The van der Waals surface area contributed by atoms with Crippen LogP contribution in [0.1, 0.15) is 38.8 Å². The highest BCUT2D eigenvalue weighted by Gasteiger charge is 2.32. The summed E-state index contributed by atoms with van der Waals surface area (Å²) >= 11 is 0. The lowest BCUT2D eigenvalue weighted by atomic mass is 9.89. The third-order valence-electron chi connectivity index (χ3n) is 5.21. The van der Waals surface area contributed by atoms with Crippen LogP contribution in [0.3, 0.4) is 0 Å². The van der Waals surface area contributed by atoms with Crippen molar-refractivity contribution in [3.05, 3.63) is 47.5 Å². The van der Waals surface area contributed by atoms with Crippen LogP contribution < -0.4 is 0 Å². The molecule has 0 aromatic heterocycles. The van der Waals surface area contributed by atoms with Crippen LogP contribution in [0.5, 0.6) is 0 Å². The Morgan fingerprint density at radius 1 is 0.588 bits per heavy atom. The van der Waals surface area contributed by atoms with E-state index in [0.717, 1.165) is 10.8 Å². The summed E-state index contributed by atoms with van der Waals surface area (Å²) in [4.78, 5) is 50.2. The molecule has 0 aliphatic rings. The van der Waals surface area contributed by atoms with Crippen LogP contribution in [0.4, 0.5) is 0 Å². The van der Waals surface area contributed by atoms with E-state index in [9.17, 15) is 19.2 Å². The minimum Gasteiger partial charge on any atom is -0.465 e. The van der Waals surface area contributed by atoms with E-state index in [4.69, 9.17) is 18.9 Å². The first-order valence-corrected chi connectivity index (χ1v) is 11.5. The van der Waals surface area contributed by atoms with Crippen molar-refractivity contribution >= 4 is 34.6 Å². The van der Waals surface area contributed by atoms with Crippen molar-refractivity contribution in [2.45, 2.75) is 40.5 Å². The average molecular weight is 473 g/mol. The zero-order valence-corrected chi connectivity index (χ0v) is 20.1. The van der Waals surface area contributed by atoms with Crippen LogP contribution in [0, 0.1) is 11.8 Å². The van der Waals surface area contributed by atoms with E-state index in [1.807, 2.05) is 24.3 Å². The molecule has 0 bridgehead atoms. The molecule has 0 atom stereocenters. The summed E-state index contributed by atoms with van der Waals surface area (Å²) in [6, 6.07) is 11.0. The minimum atomic E-state index is -1.13. The maximum atomic E-state index is 12.5. The molecule has 0 amide bonds. The lowest BCUT2D eigenvalue weighted by Crippen LogP contribution is -2.31. The standard InChI is InChI=1S/C26H32O8/c1-5-31-23(27)20(24(28)32-6-2)15-18-13-9-11-17-12-10-14-19(22(17)18)16-21(25(29)33-7-3)26(30)34-8-4/h9-14,20-21H,5-8,15-16H2,1-4H3. The quantitative estimate of drug-likeness (QED) is 0.263. The lowest BCUT2D eigenvalue weighted by Gasteiger charge is -2.19. The van der Waals surface area contributed by atoms with Crippen molar-refractivity contribution in [3.63, 3.8) is 0 Å². The van der Waals surface area contributed by atoms with Gasteiger partial charge < -0.3 is 18.9 Å². The highest BCUT2D eigenvalue weighted by Crippen LogP contribution is 2.28. The molecule has 2 aromatic rings. The Labute approximate surface area is 199 Å². The molecular formula is C26H32O8. The van der Waals surface area contributed by atoms with Gasteiger partial charge >= 0.3 is 23.9 Å². The Hall–Kier alpha value is -3.42. The summed E-state index contributed by atoms with van der Waals surface area (Å²) in [5, 5.41) is 1.59. The summed E-state index contributed by atoms with van der Waals surface area (Å²) in [5.41, 5.74) is 1.40. The Bertz CT molecular complexity index is 900. The topological polar surface area (TPSA) is 105 Å². The van der Waals surface area contributed by atoms with Crippen LogP contribution >= 0.6 is 0 Å². The molecule has 0 heterocycles. The zero-order chi connectivity index (χ0) is 25.1. The summed E-state index contributed by atoms with van der Waals surface area (Å²) in [5.74, 6) is -4.91. The first-order valence-electron chi connectivity index (χ1n) is 11.5. The number of hydrogen-bond donors (Lipinski definition) is 0. The van der Waals surface area contributed by atoms with E-state index in [2.05, 4.69) is 0 Å². The van der Waals surface area contributed by atoms with Crippen molar-refractivity contribution in [3.8, 4) is 0 Å². The Morgan fingerprint density at radius 3 is 1.21 bits per heavy atom. The Morgan fingerprint density at radius 2 is 0.912 bits per heavy atom. The predicted octanol–water partition coefficient (Wildman–Crippen LogP) is 3.41. The number of carbonyl (C=O) groups is 4. The fourth-order valence-electron chi connectivity index (χ4n) is 3.78. The number of hydrogen-bond acceptors (Lipinski definition) is 8. The van der Waals surface area contributed by atoms with Crippen molar-refractivity contribution in [1.29, 1.82) is 0 Å². The Balaban J connectivity index is 2.52. The van der Waals surface area contributed by atoms with Gasteiger partial charge in [-0.2, -0.15) is 0 Å². The number of rotatable bonds is 12. The number of carbonyl (C=O) groups excluding carboxylic acids is 4. The van der Waals surface area contributed by atoms with Crippen LogP contribution in [0.25, 0.3) is 10.8 Å². The summed E-state index contributed by atoms with van der Waals surface area (Å²) in [6.45, 7) is 7.21. The number of esters is 4. The Kier molecular flexibility index (Phi) is 10.5. The van der Waals surface area contributed by atoms with Gasteiger partial charge in [-0.05, 0) is 62.4 Å². The van der Waals surface area contributed by atoms with Gasteiger partial charge in [-0.25, -0.2) is 0 Å². The minimum absolute atomic E-state index is 0.0511. The molecule has 34 heavy (non-hydrogen) atoms. The zero-order valence-electron chi connectivity index (χ0n) is 20.1. The third-order valence-corrected chi connectivity index (χ3v) is 5.21. The van der Waals surface area contributed by atoms with Gasteiger partial charge in [0.05, 0.1) is 26.4 Å². The van der Waals surface area contributed by atoms with Crippen LogP contribution in [-0.4, -0.2) is 50.3 Å². The molecule has 0 radical (unpaired) electrons. The normalized spacial score (nSPS) is 10.9. The maximum absolute atomic E-state index is 12.5. The number of fused-ring (bicyclic) bond motifs is 1. The molecule has 8 heteroatoms. The molecule has 2 aromatic carbocycles. The first-order chi connectivity index (χ1) is 16.4. The van der Waals surface area contributed by atoms with Gasteiger partial charge in [0.25, 0.3) is 0 Å². The molecule has 0 aliphatic carbocycles. The van der Waals surface area contributed by atoms with Crippen molar-refractivity contribution < 1.29 is 38.1 Å². The molecule has 184 valence electrons. The van der Waals surface area contributed by atoms with Gasteiger partial charge in [0.1, 0.15) is 0 Å². The molecule has 0 fully saturated rings. The van der Waals surface area contributed by atoms with Gasteiger partial charge in [-0.1, -0.05) is 36.4 Å². The predicted molar refractivity (Wildman–Crippen MR) is 125 cm³/mol. The summed E-state index contributed by atoms with van der Waals surface area (Å²) in [6.07, 6.45) is 0.102. The highest BCUT2D eigenvalue weighted by molar-refractivity contribution is 5.98. The van der Waals surface area contributed by atoms with Gasteiger partial charge in [0.15, 0.2) is 11.8 Å². The third kappa shape index (κ3) is 6.79. The van der Waals surface area contributed by atoms with Crippen LogP contribution in [0.15, 0.2) is 36.4 Å². The second-order valence-electron chi connectivity index (χ2n) is 7.45. The number of ether oxygens (including phenoxy) is 4. The van der Waals surface area contributed by atoms with Crippen molar-refractivity contribution in [1.82, 2.24) is 0 Å². The van der Waals surface area contributed by atoms with E-state index in [0.29, 0.717) is 11.1 Å². The van der Waals surface area contributed by atoms with E-state index in [1.165, 1.54) is 0 Å². The van der Waals surface area contributed by atoms with E-state index >= 15 is 0 Å². The fraction of sp³-hybridized carbons (Fsp3) is 0.462. The number of benzene rings is 2. The second kappa shape index (κ2) is 13.3.